The Labute approximate surface area is 150 Å². The monoisotopic (exact) mass is 346 g/mol. The summed E-state index contributed by atoms with van der Waals surface area (Å²) in [6.45, 7) is 5.44. The molecule has 1 aliphatic carbocycles. The van der Waals surface area contributed by atoms with E-state index < -0.39 is 0 Å². The summed E-state index contributed by atoms with van der Waals surface area (Å²) in [5, 5.41) is 4.56. The Morgan fingerprint density at radius 2 is 2.00 bits per heavy atom. The SMILES string of the molecule is Cc1ccccc1-n1nccc1CN1CC2CCCC(N)C2C1.Cl. The number of aryl methyl sites for hydroxylation is 1. The standard InChI is InChI=1S/C19H26N4.ClH/c1-14-5-2-3-8-19(14)23-16(9-10-21-23)12-22-11-15-6-4-7-18(20)17(15)13-22;/h2-3,5,8-10,15,17-18H,4,6-7,11-13,20H2,1H3;1H. The van der Waals surface area contributed by atoms with Crippen molar-refractivity contribution in [3.05, 3.63) is 47.8 Å². The van der Waals surface area contributed by atoms with Gasteiger partial charge in [-0.25, -0.2) is 4.68 Å². The predicted molar refractivity (Wildman–Crippen MR) is 99.6 cm³/mol. The highest BCUT2D eigenvalue weighted by Gasteiger charge is 2.38. The molecule has 1 saturated heterocycles. The maximum Gasteiger partial charge on any atom is 0.0678 e. The lowest BCUT2D eigenvalue weighted by Crippen LogP contribution is -2.38. The van der Waals surface area contributed by atoms with Gasteiger partial charge in [-0.05, 0) is 49.3 Å². The van der Waals surface area contributed by atoms with Crippen LogP contribution in [-0.2, 0) is 6.54 Å². The van der Waals surface area contributed by atoms with Gasteiger partial charge in [0.1, 0.15) is 0 Å². The third-order valence-corrected chi connectivity index (χ3v) is 5.68. The second kappa shape index (κ2) is 7.26. The number of hydrogen-bond donors (Lipinski definition) is 1. The Bertz CT molecular complexity index is 684. The minimum Gasteiger partial charge on any atom is -0.327 e. The van der Waals surface area contributed by atoms with E-state index in [2.05, 4.69) is 51.9 Å². The zero-order valence-electron chi connectivity index (χ0n) is 14.3. The molecule has 2 aliphatic rings. The molecule has 4 rings (SSSR count). The van der Waals surface area contributed by atoms with E-state index in [1.54, 1.807) is 0 Å². The fourth-order valence-electron chi connectivity index (χ4n) is 4.44. The summed E-state index contributed by atoms with van der Waals surface area (Å²) in [5.74, 6) is 1.49. The summed E-state index contributed by atoms with van der Waals surface area (Å²) in [6.07, 6.45) is 5.77. The Hall–Kier alpha value is -1.36. The molecule has 24 heavy (non-hydrogen) atoms. The molecular formula is C19H27ClN4. The maximum absolute atomic E-state index is 6.35. The van der Waals surface area contributed by atoms with Crippen molar-refractivity contribution in [2.24, 2.45) is 17.6 Å². The summed E-state index contributed by atoms with van der Waals surface area (Å²) < 4.78 is 2.09. The van der Waals surface area contributed by atoms with Crippen LogP contribution in [0.25, 0.3) is 5.69 Å². The van der Waals surface area contributed by atoms with Crippen LogP contribution in [0.5, 0.6) is 0 Å². The Morgan fingerprint density at radius 3 is 2.79 bits per heavy atom. The van der Waals surface area contributed by atoms with E-state index in [-0.39, 0.29) is 12.4 Å². The first-order valence-electron chi connectivity index (χ1n) is 8.79. The Morgan fingerprint density at radius 1 is 1.17 bits per heavy atom. The van der Waals surface area contributed by atoms with E-state index in [0.29, 0.717) is 12.0 Å². The first-order chi connectivity index (χ1) is 11.2. The number of nitrogens with zero attached hydrogens (tertiary/aromatic N) is 3. The van der Waals surface area contributed by atoms with E-state index in [4.69, 9.17) is 5.73 Å². The van der Waals surface area contributed by atoms with Crippen LogP contribution in [0.1, 0.15) is 30.5 Å². The van der Waals surface area contributed by atoms with E-state index >= 15 is 0 Å². The second-order valence-corrected chi connectivity index (χ2v) is 7.23. The molecule has 1 aromatic heterocycles. The van der Waals surface area contributed by atoms with Crippen molar-refractivity contribution in [3.63, 3.8) is 0 Å². The molecule has 1 saturated carbocycles. The minimum atomic E-state index is 0. The average molecular weight is 347 g/mol. The van der Waals surface area contributed by atoms with Gasteiger partial charge >= 0.3 is 0 Å². The number of para-hydroxylation sites is 1. The van der Waals surface area contributed by atoms with E-state index in [1.807, 2.05) is 6.20 Å². The van der Waals surface area contributed by atoms with Crippen LogP contribution < -0.4 is 5.73 Å². The third-order valence-electron chi connectivity index (χ3n) is 5.68. The van der Waals surface area contributed by atoms with Gasteiger partial charge in [0.05, 0.1) is 11.4 Å². The first kappa shape index (κ1) is 17.5. The van der Waals surface area contributed by atoms with Gasteiger partial charge in [0, 0.05) is 31.9 Å². The highest BCUT2D eigenvalue weighted by Crippen LogP contribution is 2.36. The Balaban J connectivity index is 0.00000169. The second-order valence-electron chi connectivity index (χ2n) is 7.23. The lowest BCUT2D eigenvalue weighted by atomic mass is 9.78. The number of aromatic nitrogens is 2. The summed E-state index contributed by atoms with van der Waals surface area (Å²) >= 11 is 0. The van der Waals surface area contributed by atoms with Crippen molar-refractivity contribution in [2.75, 3.05) is 13.1 Å². The molecule has 2 N–H and O–H groups in total. The highest BCUT2D eigenvalue weighted by molar-refractivity contribution is 5.85. The topological polar surface area (TPSA) is 47.1 Å². The van der Waals surface area contributed by atoms with E-state index in [9.17, 15) is 0 Å². The molecule has 1 aromatic carbocycles. The van der Waals surface area contributed by atoms with Crippen molar-refractivity contribution in [1.29, 1.82) is 0 Å². The van der Waals surface area contributed by atoms with E-state index in [1.165, 1.54) is 42.8 Å². The van der Waals surface area contributed by atoms with Gasteiger partial charge in [-0.1, -0.05) is 24.6 Å². The molecule has 3 unspecified atom stereocenters. The number of fused-ring (bicyclic) bond motifs is 1. The summed E-state index contributed by atoms with van der Waals surface area (Å²) in [6, 6.07) is 11.0. The molecule has 2 fully saturated rings. The minimum absolute atomic E-state index is 0. The van der Waals surface area contributed by atoms with E-state index in [0.717, 1.165) is 19.0 Å². The number of hydrogen-bond acceptors (Lipinski definition) is 3. The molecule has 130 valence electrons. The van der Waals surface area contributed by atoms with Crippen LogP contribution in [0.2, 0.25) is 0 Å². The first-order valence-corrected chi connectivity index (χ1v) is 8.79. The number of halogens is 1. The van der Waals surface area contributed by atoms with Crippen LogP contribution in [0.3, 0.4) is 0 Å². The highest BCUT2D eigenvalue weighted by atomic mass is 35.5. The van der Waals surface area contributed by atoms with Crippen molar-refractivity contribution < 1.29 is 0 Å². The zero-order chi connectivity index (χ0) is 15.8. The van der Waals surface area contributed by atoms with Crippen LogP contribution in [0.4, 0.5) is 0 Å². The van der Waals surface area contributed by atoms with Gasteiger partial charge in [-0.2, -0.15) is 5.10 Å². The molecule has 2 aromatic rings. The summed E-state index contributed by atoms with van der Waals surface area (Å²) in [5.41, 5.74) is 10.1. The predicted octanol–water partition coefficient (Wildman–Crippen LogP) is 3.16. The van der Waals surface area contributed by atoms with Gasteiger partial charge in [-0.15, -0.1) is 12.4 Å². The number of rotatable bonds is 3. The third kappa shape index (κ3) is 3.23. The van der Waals surface area contributed by atoms with Crippen molar-refractivity contribution in [1.82, 2.24) is 14.7 Å². The fraction of sp³-hybridized carbons (Fsp3) is 0.526. The van der Waals surface area contributed by atoms with Crippen molar-refractivity contribution in [2.45, 2.75) is 38.8 Å². The summed E-state index contributed by atoms with van der Waals surface area (Å²) in [7, 11) is 0. The number of likely N-dealkylation sites (tertiary alicyclic amines) is 1. The molecule has 1 aliphatic heterocycles. The molecule has 0 bridgehead atoms. The fourth-order valence-corrected chi connectivity index (χ4v) is 4.44. The molecular weight excluding hydrogens is 320 g/mol. The summed E-state index contributed by atoms with van der Waals surface area (Å²) in [4.78, 5) is 2.58. The lowest BCUT2D eigenvalue weighted by Gasteiger charge is -2.29. The number of nitrogens with two attached hydrogens (primary N) is 1. The van der Waals surface area contributed by atoms with Crippen molar-refractivity contribution >= 4 is 12.4 Å². The molecule has 0 radical (unpaired) electrons. The zero-order valence-corrected chi connectivity index (χ0v) is 15.1. The normalized spacial score (nSPS) is 26.8. The van der Waals surface area contributed by atoms with Gasteiger partial charge in [0.15, 0.2) is 0 Å². The molecule has 5 heteroatoms. The lowest BCUT2D eigenvalue weighted by molar-refractivity contribution is 0.259. The molecule has 2 heterocycles. The van der Waals surface area contributed by atoms with Crippen LogP contribution in [0.15, 0.2) is 36.5 Å². The molecule has 0 spiro atoms. The van der Waals surface area contributed by atoms with Crippen LogP contribution in [-0.4, -0.2) is 33.8 Å². The van der Waals surface area contributed by atoms with Crippen LogP contribution in [0, 0.1) is 18.8 Å². The largest absolute Gasteiger partial charge is 0.327 e. The Kier molecular flexibility index (Phi) is 5.28. The number of benzene rings is 1. The van der Waals surface area contributed by atoms with Crippen LogP contribution >= 0.6 is 12.4 Å². The molecule has 3 atom stereocenters. The van der Waals surface area contributed by atoms with Gasteiger partial charge in [0.2, 0.25) is 0 Å². The maximum atomic E-state index is 6.35. The van der Waals surface area contributed by atoms with Gasteiger partial charge in [0.25, 0.3) is 0 Å². The van der Waals surface area contributed by atoms with Crippen molar-refractivity contribution in [3.8, 4) is 5.69 Å². The molecule has 0 amide bonds. The molecule has 4 nitrogen and oxygen atoms in total. The smallest absolute Gasteiger partial charge is 0.0678 e. The quantitative estimate of drug-likeness (QED) is 0.928. The van der Waals surface area contributed by atoms with Gasteiger partial charge in [-0.3, -0.25) is 4.90 Å². The van der Waals surface area contributed by atoms with Gasteiger partial charge < -0.3 is 5.73 Å². The average Bonchev–Trinajstić information content (AvgIpc) is 3.16.